The lowest BCUT2D eigenvalue weighted by molar-refractivity contribution is 0.198. The van der Waals surface area contributed by atoms with Crippen LogP contribution in [0.3, 0.4) is 0 Å². The molecule has 1 atom stereocenters. The van der Waals surface area contributed by atoms with Crippen LogP contribution >= 0.6 is 0 Å². The SMILES string of the molecule is CC(O)c1cccc(OCc2ccc(S(=O)(=O)C(F)F)cc2)c1. The molecule has 0 aliphatic rings. The van der Waals surface area contributed by atoms with E-state index >= 15 is 0 Å². The molecule has 0 heterocycles. The van der Waals surface area contributed by atoms with Crippen molar-refractivity contribution in [1.29, 1.82) is 0 Å². The van der Waals surface area contributed by atoms with Crippen LogP contribution in [0.15, 0.2) is 53.4 Å². The molecule has 0 aliphatic carbocycles. The predicted octanol–water partition coefficient (Wildman–Crippen LogP) is 3.32. The zero-order chi connectivity index (χ0) is 17.0. The number of halogens is 2. The Bertz CT molecular complexity index is 756. The molecular formula is C16H16F2O4S. The molecule has 2 aromatic carbocycles. The van der Waals surface area contributed by atoms with E-state index in [9.17, 15) is 22.3 Å². The standard InChI is InChI=1S/C16H16F2O4S/c1-11(19)13-3-2-4-14(9-13)22-10-12-5-7-15(8-6-12)23(20,21)16(17)18/h2-9,11,16,19H,10H2,1H3. The molecule has 0 radical (unpaired) electrons. The Labute approximate surface area is 133 Å². The number of aliphatic hydroxyl groups is 1. The number of aliphatic hydroxyl groups excluding tert-OH is 1. The quantitative estimate of drug-likeness (QED) is 0.875. The molecule has 4 nitrogen and oxygen atoms in total. The predicted molar refractivity (Wildman–Crippen MR) is 81.0 cm³/mol. The van der Waals surface area contributed by atoms with Crippen LogP contribution in [0.5, 0.6) is 5.75 Å². The minimum atomic E-state index is -4.58. The lowest BCUT2D eigenvalue weighted by atomic mass is 10.1. The number of ether oxygens (including phenoxy) is 1. The summed E-state index contributed by atoms with van der Waals surface area (Å²) in [6, 6.07) is 12.0. The van der Waals surface area contributed by atoms with E-state index in [2.05, 4.69) is 0 Å². The molecule has 0 aliphatic heterocycles. The fraction of sp³-hybridized carbons (Fsp3) is 0.250. The third kappa shape index (κ3) is 4.27. The molecule has 2 aromatic rings. The molecule has 0 amide bonds. The normalized spacial score (nSPS) is 13.1. The third-order valence-electron chi connectivity index (χ3n) is 3.23. The van der Waals surface area contributed by atoms with Crippen molar-refractivity contribution in [3.05, 3.63) is 59.7 Å². The van der Waals surface area contributed by atoms with Crippen molar-refractivity contribution in [3.8, 4) is 5.75 Å². The Kier molecular flexibility index (Phi) is 5.33. The molecule has 0 bridgehead atoms. The van der Waals surface area contributed by atoms with E-state index in [4.69, 9.17) is 4.74 Å². The molecule has 0 saturated carbocycles. The first-order valence-corrected chi connectivity index (χ1v) is 8.37. The number of hydrogen-bond donors (Lipinski definition) is 1. The number of benzene rings is 2. The first kappa shape index (κ1) is 17.4. The highest BCUT2D eigenvalue weighted by molar-refractivity contribution is 7.91. The van der Waals surface area contributed by atoms with Crippen LogP contribution in [-0.2, 0) is 16.4 Å². The summed E-state index contributed by atoms with van der Waals surface area (Å²) in [5.41, 5.74) is 1.35. The van der Waals surface area contributed by atoms with Gasteiger partial charge >= 0.3 is 5.76 Å². The van der Waals surface area contributed by atoms with Gasteiger partial charge in [0.2, 0.25) is 9.84 Å². The van der Waals surface area contributed by atoms with Crippen LogP contribution in [0.1, 0.15) is 24.2 Å². The minimum absolute atomic E-state index is 0.151. The molecule has 0 saturated heterocycles. The van der Waals surface area contributed by atoms with Gasteiger partial charge in [-0.2, -0.15) is 8.78 Å². The van der Waals surface area contributed by atoms with Crippen molar-refractivity contribution in [3.63, 3.8) is 0 Å². The largest absolute Gasteiger partial charge is 0.489 e. The zero-order valence-electron chi connectivity index (χ0n) is 12.3. The number of sulfone groups is 1. The monoisotopic (exact) mass is 342 g/mol. The van der Waals surface area contributed by atoms with E-state index < -0.39 is 26.6 Å². The van der Waals surface area contributed by atoms with Crippen LogP contribution in [0.25, 0.3) is 0 Å². The second-order valence-corrected chi connectivity index (χ2v) is 6.90. The van der Waals surface area contributed by atoms with Gasteiger partial charge in [-0.3, -0.25) is 0 Å². The van der Waals surface area contributed by atoms with Gasteiger partial charge in [-0.05, 0) is 42.3 Å². The fourth-order valence-corrected chi connectivity index (χ4v) is 2.63. The summed E-state index contributed by atoms with van der Waals surface area (Å²) in [6.45, 7) is 1.79. The van der Waals surface area contributed by atoms with Crippen LogP contribution in [0.4, 0.5) is 8.78 Å². The average Bonchev–Trinajstić information content (AvgIpc) is 2.53. The van der Waals surface area contributed by atoms with Crippen LogP contribution in [0, 0.1) is 0 Å². The molecule has 7 heteroatoms. The smallest absolute Gasteiger partial charge is 0.341 e. The summed E-state index contributed by atoms with van der Waals surface area (Å²) < 4.78 is 53.1. The number of alkyl halides is 2. The Balaban J connectivity index is 2.06. The highest BCUT2D eigenvalue weighted by atomic mass is 32.2. The van der Waals surface area contributed by atoms with Crippen LogP contribution in [-0.4, -0.2) is 19.3 Å². The van der Waals surface area contributed by atoms with E-state index in [1.54, 1.807) is 31.2 Å². The number of rotatable bonds is 6. The van der Waals surface area contributed by atoms with Crippen molar-refractivity contribution in [2.24, 2.45) is 0 Å². The lowest BCUT2D eigenvalue weighted by Gasteiger charge is -2.10. The Hall–Kier alpha value is -1.99. The van der Waals surface area contributed by atoms with Crippen LogP contribution in [0.2, 0.25) is 0 Å². The molecule has 124 valence electrons. The molecule has 2 rings (SSSR count). The summed E-state index contributed by atoms with van der Waals surface area (Å²) in [6.07, 6.45) is -0.614. The average molecular weight is 342 g/mol. The van der Waals surface area contributed by atoms with Crippen molar-refractivity contribution in [2.45, 2.75) is 30.3 Å². The fourth-order valence-electron chi connectivity index (χ4n) is 1.91. The summed E-state index contributed by atoms with van der Waals surface area (Å²) >= 11 is 0. The maximum absolute atomic E-state index is 12.4. The summed E-state index contributed by atoms with van der Waals surface area (Å²) in [5, 5.41) is 9.51. The van der Waals surface area contributed by atoms with Gasteiger partial charge in [0, 0.05) is 0 Å². The second-order valence-electron chi connectivity index (χ2n) is 4.99. The van der Waals surface area contributed by atoms with Gasteiger partial charge in [0.25, 0.3) is 0 Å². The van der Waals surface area contributed by atoms with E-state index in [-0.39, 0.29) is 6.61 Å². The zero-order valence-corrected chi connectivity index (χ0v) is 13.1. The topological polar surface area (TPSA) is 63.6 Å². The Morgan fingerprint density at radius 3 is 2.35 bits per heavy atom. The van der Waals surface area contributed by atoms with Gasteiger partial charge in [-0.15, -0.1) is 0 Å². The van der Waals surface area contributed by atoms with E-state index in [0.717, 1.165) is 12.1 Å². The van der Waals surface area contributed by atoms with Gasteiger partial charge < -0.3 is 9.84 Å². The van der Waals surface area contributed by atoms with Crippen molar-refractivity contribution in [1.82, 2.24) is 0 Å². The third-order valence-corrected chi connectivity index (χ3v) is 4.63. The van der Waals surface area contributed by atoms with E-state index in [0.29, 0.717) is 16.9 Å². The Morgan fingerprint density at radius 2 is 1.78 bits per heavy atom. The van der Waals surface area contributed by atoms with Gasteiger partial charge in [-0.25, -0.2) is 8.42 Å². The number of hydrogen-bond acceptors (Lipinski definition) is 4. The summed E-state index contributed by atoms with van der Waals surface area (Å²) in [7, 11) is -4.58. The molecule has 0 fully saturated rings. The highest BCUT2D eigenvalue weighted by Gasteiger charge is 2.26. The molecule has 0 spiro atoms. The van der Waals surface area contributed by atoms with Gasteiger partial charge in [-0.1, -0.05) is 24.3 Å². The maximum Gasteiger partial charge on any atom is 0.341 e. The van der Waals surface area contributed by atoms with Crippen molar-refractivity contribution in [2.75, 3.05) is 0 Å². The molecule has 0 aromatic heterocycles. The minimum Gasteiger partial charge on any atom is -0.489 e. The lowest BCUT2D eigenvalue weighted by Crippen LogP contribution is -2.11. The summed E-state index contributed by atoms with van der Waals surface area (Å²) in [4.78, 5) is -0.424. The first-order valence-electron chi connectivity index (χ1n) is 6.82. The molecule has 23 heavy (non-hydrogen) atoms. The highest BCUT2D eigenvalue weighted by Crippen LogP contribution is 2.21. The van der Waals surface area contributed by atoms with Gasteiger partial charge in [0.1, 0.15) is 12.4 Å². The van der Waals surface area contributed by atoms with E-state index in [1.165, 1.54) is 12.1 Å². The van der Waals surface area contributed by atoms with Gasteiger partial charge in [0.15, 0.2) is 0 Å². The molecular weight excluding hydrogens is 326 g/mol. The van der Waals surface area contributed by atoms with E-state index in [1.807, 2.05) is 0 Å². The van der Waals surface area contributed by atoms with Crippen LogP contribution < -0.4 is 4.74 Å². The van der Waals surface area contributed by atoms with Crippen molar-refractivity contribution < 1.29 is 27.0 Å². The van der Waals surface area contributed by atoms with Gasteiger partial charge in [0.05, 0.1) is 11.0 Å². The molecule has 1 unspecified atom stereocenters. The molecule has 1 N–H and O–H groups in total. The van der Waals surface area contributed by atoms with Crippen molar-refractivity contribution >= 4 is 9.84 Å². The first-order chi connectivity index (χ1) is 10.8. The maximum atomic E-state index is 12.4. The summed E-state index contributed by atoms with van der Waals surface area (Å²) in [5.74, 6) is -2.89. The second kappa shape index (κ2) is 7.06. The Morgan fingerprint density at radius 1 is 1.13 bits per heavy atom.